The smallest absolute Gasteiger partial charge is 0.412 e. The monoisotopic (exact) mass is 274 g/mol. The van der Waals surface area contributed by atoms with E-state index in [9.17, 15) is 4.79 Å². The number of benzene rings is 1. The molecule has 0 spiro atoms. The summed E-state index contributed by atoms with van der Waals surface area (Å²) in [4.78, 5) is 11.6. The fourth-order valence-electron chi connectivity index (χ4n) is 1.64. The number of ether oxygens (including phenoxy) is 1. The largest absolute Gasteiger partial charge is 0.444 e. The maximum atomic E-state index is 11.6. The van der Waals surface area contributed by atoms with Crippen LogP contribution in [0.5, 0.6) is 0 Å². The van der Waals surface area contributed by atoms with Gasteiger partial charge in [-0.3, -0.25) is 10.4 Å². The summed E-state index contributed by atoms with van der Waals surface area (Å²) in [7, 11) is 0. The van der Waals surface area contributed by atoms with Gasteiger partial charge in [0.1, 0.15) is 11.4 Å². The average Bonchev–Trinajstić information content (AvgIpc) is 2.74. The van der Waals surface area contributed by atoms with Crippen molar-refractivity contribution in [3.63, 3.8) is 0 Å². The second kappa shape index (κ2) is 5.24. The number of hydrogen-bond acceptors (Lipinski definition) is 4. The molecule has 106 valence electrons. The lowest BCUT2D eigenvalue weighted by atomic mass is 10.1. The van der Waals surface area contributed by atoms with Crippen LogP contribution in [-0.4, -0.2) is 21.9 Å². The van der Waals surface area contributed by atoms with Gasteiger partial charge in [-0.1, -0.05) is 12.1 Å². The summed E-state index contributed by atoms with van der Waals surface area (Å²) in [5.74, 6) is 0.441. The zero-order valence-corrected chi connectivity index (χ0v) is 11.7. The summed E-state index contributed by atoms with van der Waals surface area (Å²) in [6.45, 7) is 5.45. The molecule has 0 atom stereocenters. The van der Waals surface area contributed by atoms with Crippen molar-refractivity contribution in [1.82, 2.24) is 10.2 Å². The quantitative estimate of drug-likeness (QED) is 0.784. The third kappa shape index (κ3) is 3.74. The summed E-state index contributed by atoms with van der Waals surface area (Å²) in [6, 6.07) is 9.04. The van der Waals surface area contributed by atoms with Gasteiger partial charge in [0.05, 0.1) is 5.69 Å². The number of rotatable bonds is 2. The van der Waals surface area contributed by atoms with Crippen LogP contribution in [0.15, 0.2) is 30.3 Å². The van der Waals surface area contributed by atoms with Gasteiger partial charge in [0, 0.05) is 11.8 Å². The Morgan fingerprint density at radius 2 is 1.95 bits per heavy atom. The molecule has 0 unspecified atom stereocenters. The van der Waals surface area contributed by atoms with Crippen LogP contribution in [0.3, 0.4) is 0 Å². The molecule has 0 bridgehead atoms. The highest BCUT2D eigenvalue weighted by molar-refractivity contribution is 5.85. The standard InChI is InChI=1S/C14H18N4O2/c1-14(2,3)20-13(19)16-10-6-4-9(5-7-10)11-8-12(15)18-17-11/h4-8H,1-3H3,(H,16,19)(H3,15,17,18). The van der Waals surface area contributed by atoms with Crippen LogP contribution in [0.4, 0.5) is 16.3 Å². The van der Waals surface area contributed by atoms with Crippen molar-refractivity contribution in [1.29, 1.82) is 0 Å². The van der Waals surface area contributed by atoms with Crippen LogP contribution in [0.1, 0.15) is 20.8 Å². The van der Waals surface area contributed by atoms with Crippen LogP contribution >= 0.6 is 0 Å². The van der Waals surface area contributed by atoms with Gasteiger partial charge < -0.3 is 10.5 Å². The number of nitrogens with one attached hydrogen (secondary N) is 2. The van der Waals surface area contributed by atoms with E-state index in [1.54, 1.807) is 18.2 Å². The number of carbonyl (C=O) groups excluding carboxylic acids is 1. The minimum Gasteiger partial charge on any atom is -0.444 e. The first-order chi connectivity index (χ1) is 9.33. The van der Waals surface area contributed by atoms with Gasteiger partial charge in [0.15, 0.2) is 0 Å². The van der Waals surface area contributed by atoms with Crippen molar-refractivity contribution < 1.29 is 9.53 Å². The maximum absolute atomic E-state index is 11.6. The molecule has 0 radical (unpaired) electrons. The van der Waals surface area contributed by atoms with E-state index in [1.807, 2.05) is 32.9 Å². The highest BCUT2D eigenvalue weighted by Gasteiger charge is 2.16. The van der Waals surface area contributed by atoms with Crippen molar-refractivity contribution in [3.8, 4) is 11.3 Å². The molecule has 1 aromatic carbocycles. The number of carbonyl (C=O) groups is 1. The predicted octanol–water partition coefficient (Wildman–Crippen LogP) is 3.01. The Hall–Kier alpha value is -2.50. The number of nitrogen functional groups attached to an aromatic ring is 1. The Labute approximate surface area is 117 Å². The van der Waals surface area contributed by atoms with Gasteiger partial charge in [0.25, 0.3) is 0 Å². The van der Waals surface area contributed by atoms with Crippen LogP contribution in [0, 0.1) is 0 Å². The van der Waals surface area contributed by atoms with Gasteiger partial charge in [-0.15, -0.1) is 0 Å². The molecule has 0 fully saturated rings. The normalized spacial score (nSPS) is 11.2. The minimum absolute atomic E-state index is 0.441. The average molecular weight is 274 g/mol. The summed E-state index contributed by atoms with van der Waals surface area (Å²) in [6.07, 6.45) is -0.476. The predicted molar refractivity (Wildman–Crippen MR) is 78.3 cm³/mol. The van der Waals surface area contributed by atoms with Gasteiger partial charge >= 0.3 is 6.09 Å². The van der Waals surface area contributed by atoms with E-state index in [-0.39, 0.29) is 0 Å². The topological polar surface area (TPSA) is 93.0 Å². The highest BCUT2D eigenvalue weighted by Crippen LogP contribution is 2.21. The molecule has 2 rings (SSSR count). The number of nitrogens with zero attached hydrogens (tertiary/aromatic N) is 1. The molecule has 2 aromatic rings. The fourth-order valence-corrected chi connectivity index (χ4v) is 1.64. The lowest BCUT2D eigenvalue weighted by Crippen LogP contribution is -2.27. The van der Waals surface area contributed by atoms with Crippen molar-refractivity contribution >= 4 is 17.6 Å². The van der Waals surface area contributed by atoms with E-state index < -0.39 is 11.7 Å². The molecule has 0 aliphatic carbocycles. The number of H-pyrrole nitrogens is 1. The minimum atomic E-state index is -0.516. The third-order valence-corrected chi connectivity index (χ3v) is 2.44. The zero-order chi connectivity index (χ0) is 14.8. The number of aromatic nitrogens is 2. The summed E-state index contributed by atoms with van der Waals surface area (Å²) in [5, 5.41) is 9.36. The highest BCUT2D eigenvalue weighted by atomic mass is 16.6. The van der Waals surface area contributed by atoms with Crippen molar-refractivity contribution in [3.05, 3.63) is 30.3 Å². The first-order valence-electron chi connectivity index (χ1n) is 6.25. The Balaban J connectivity index is 2.03. The van der Waals surface area contributed by atoms with E-state index in [4.69, 9.17) is 10.5 Å². The maximum Gasteiger partial charge on any atom is 0.412 e. The molecule has 0 aliphatic rings. The molecule has 20 heavy (non-hydrogen) atoms. The van der Waals surface area contributed by atoms with Crippen molar-refractivity contribution in [2.24, 2.45) is 0 Å². The zero-order valence-electron chi connectivity index (χ0n) is 11.7. The Morgan fingerprint density at radius 1 is 1.30 bits per heavy atom. The van der Waals surface area contributed by atoms with Gasteiger partial charge in [-0.25, -0.2) is 4.79 Å². The van der Waals surface area contributed by atoms with Crippen LogP contribution < -0.4 is 11.1 Å². The molecule has 6 nitrogen and oxygen atoms in total. The van der Waals surface area contributed by atoms with Gasteiger partial charge in [0.2, 0.25) is 0 Å². The van der Waals surface area contributed by atoms with Crippen molar-refractivity contribution in [2.75, 3.05) is 11.1 Å². The Morgan fingerprint density at radius 3 is 2.45 bits per heavy atom. The second-order valence-electron chi connectivity index (χ2n) is 5.41. The van der Waals surface area contributed by atoms with Crippen LogP contribution in [-0.2, 0) is 4.74 Å². The van der Waals surface area contributed by atoms with Gasteiger partial charge in [-0.2, -0.15) is 5.10 Å². The number of aromatic amines is 1. The van der Waals surface area contributed by atoms with E-state index in [1.165, 1.54) is 0 Å². The first kappa shape index (κ1) is 13.9. The molecule has 1 aromatic heterocycles. The van der Waals surface area contributed by atoms with E-state index in [0.717, 1.165) is 11.3 Å². The molecule has 0 saturated carbocycles. The van der Waals surface area contributed by atoms with Gasteiger partial charge in [-0.05, 0) is 38.5 Å². The summed E-state index contributed by atoms with van der Waals surface area (Å²) >= 11 is 0. The molecular weight excluding hydrogens is 256 g/mol. The fraction of sp³-hybridized carbons (Fsp3) is 0.286. The van der Waals surface area contributed by atoms with Crippen LogP contribution in [0.25, 0.3) is 11.3 Å². The SMILES string of the molecule is CC(C)(C)OC(=O)Nc1ccc(-c2cc(N)n[nH]2)cc1. The number of anilines is 2. The number of amides is 1. The van der Waals surface area contributed by atoms with Crippen LogP contribution in [0.2, 0.25) is 0 Å². The molecule has 1 amide bonds. The molecule has 1 heterocycles. The Kier molecular flexibility index (Phi) is 3.65. The second-order valence-corrected chi connectivity index (χ2v) is 5.41. The summed E-state index contributed by atoms with van der Waals surface area (Å²) in [5.41, 5.74) is 7.46. The molecular formula is C14H18N4O2. The van der Waals surface area contributed by atoms with E-state index in [2.05, 4.69) is 15.5 Å². The van der Waals surface area contributed by atoms with Crippen molar-refractivity contribution in [2.45, 2.75) is 26.4 Å². The lowest BCUT2D eigenvalue weighted by molar-refractivity contribution is 0.0636. The molecule has 6 heteroatoms. The van der Waals surface area contributed by atoms with E-state index in [0.29, 0.717) is 11.5 Å². The lowest BCUT2D eigenvalue weighted by Gasteiger charge is -2.19. The number of nitrogens with two attached hydrogens (primary N) is 1. The number of hydrogen-bond donors (Lipinski definition) is 3. The Bertz CT molecular complexity index is 596. The van der Waals surface area contributed by atoms with E-state index >= 15 is 0 Å². The summed E-state index contributed by atoms with van der Waals surface area (Å²) < 4.78 is 5.18. The third-order valence-electron chi connectivity index (χ3n) is 2.44. The molecule has 0 aliphatic heterocycles. The first-order valence-corrected chi connectivity index (χ1v) is 6.25. The molecule has 4 N–H and O–H groups in total. The molecule has 0 saturated heterocycles.